The van der Waals surface area contributed by atoms with Crippen LogP contribution in [0.5, 0.6) is 5.75 Å². The average Bonchev–Trinajstić information content (AvgIpc) is 3.26. The van der Waals surface area contributed by atoms with Crippen molar-refractivity contribution in [2.75, 3.05) is 46.4 Å². The Morgan fingerprint density at radius 1 is 1.11 bits per heavy atom. The number of ether oxygens (including phenoxy) is 2. The standard InChI is InChI=1S/C26H34ClN3O5S/c1-29-15-21(31)13-28-36(32,33)26-7-6-19(18-8-10-34-11-9-18)12-24(26)35-25-17-30(16-23(25)29)14-20-4-2-3-5-22(20)27/h2-7,12,18,21,23,25,28,31H,8-11,13-17H2,1H3/t21-,23+,25-/m0/s1. The second-order valence-corrected chi connectivity index (χ2v) is 12.2. The van der Waals surface area contributed by atoms with Gasteiger partial charge in [0.15, 0.2) is 0 Å². The van der Waals surface area contributed by atoms with Crippen molar-refractivity contribution in [1.29, 1.82) is 0 Å². The first kappa shape index (κ1) is 25.9. The van der Waals surface area contributed by atoms with Gasteiger partial charge < -0.3 is 14.6 Å². The summed E-state index contributed by atoms with van der Waals surface area (Å²) in [7, 11) is -1.91. The maximum atomic E-state index is 13.2. The molecule has 0 bridgehead atoms. The van der Waals surface area contributed by atoms with Crippen molar-refractivity contribution in [3.05, 3.63) is 58.6 Å². The van der Waals surface area contributed by atoms with E-state index in [2.05, 4.69) is 14.5 Å². The molecule has 5 rings (SSSR count). The molecule has 10 heteroatoms. The Labute approximate surface area is 218 Å². The fourth-order valence-corrected chi connectivity index (χ4v) is 6.85. The van der Waals surface area contributed by atoms with Crippen LogP contribution in [0.3, 0.4) is 0 Å². The Morgan fingerprint density at radius 2 is 1.89 bits per heavy atom. The predicted molar refractivity (Wildman–Crippen MR) is 138 cm³/mol. The van der Waals surface area contributed by atoms with Gasteiger partial charge in [0.2, 0.25) is 10.0 Å². The Kier molecular flexibility index (Phi) is 7.88. The summed E-state index contributed by atoms with van der Waals surface area (Å²) < 4.78 is 41.1. The third-order valence-corrected chi connectivity index (χ3v) is 9.30. The second-order valence-electron chi connectivity index (χ2n) is 10.0. The third kappa shape index (κ3) is 5.72. The van der Waals surface area contributed by atoms with Crippen molar-refractivity contribution in [2.45, 2.75) is 48.4 Å². The maximum absolute atomic E-state index is 13.2. The topological polar surface area (TPSA) is 91.3 Å². The largest absolute Gasteiger partial charge is 0.486 e. The molecule has 0 radical (unpaired) electrons. The van der Waals surface area contributed by atoms with Gasteiger partial charge in [-0.3, -0.25) is 9.80 Å². The maximum Gasteiger partial charge on any atom is 0.244 e. The van der Waals surface area contributed by atoms with Crippen LogP contribution in [0.4, 0.5) is 0 Å². The van der Waals surface area contributed by atoms with Gasteiger partial charge in [-0.1, -0.05) is 35.9 Å². The van der Waals surface area contributed by atoms with Crippen LogP contribution in [0.15, 0.2) is 47.4 Å². The highest BCUT2D eigenvalue weighted by Gasteiger charge is 2.39. The molecule has 2 aromatic rings. The Morgan fingerprint density at radius 3 is 2.67 bits per heavy atom. The Hall–Kier alpha value is -1.72. The van der Waals surface area contributed by atoms with Gasteiger partial charge in [0.1, 0.15) is 16.7 Å². The lowest BCUT2D eigenvalue weighted by Gasteiger charge is -2.30. The summed E-state index contributed by atoms with van der Waals surface area (Å²) in [6.45, 7) is 3.67. The molecule has 0 spiro atoms. The van der Waals surface area contributed by atoms with Crippen molar-refractivity contribution in [3.63, 3.8) is 0 Å². The number of halogens is 1. The molecule has 3 aliphatic rings. The summed E-state index contributed by atoms with van der Waals surface area (Å²) in [5.74, 6) is 0.674. The predicted octanol–water partition coefficient (Wildman–Crippen LogP) is 2.45. The monoisotopic (exact) mass is 535 g/mol. The smallest absolute Gasteiger partial charge is 0.244 e. The van der Waals surface area contributed by atoms with E-state index in [1.165, 1.54) is 0 Å². The number of benzene rings is 2. The zero-order chi connectivity index (χ0) is 25.3. The van der Waals surface area contributed by atoms with Gasteiger partial charge in [-0.15, -0.1) is 0 Å². The summed E-state index contributed by atoms with van der Waals surface area (Å²) in [5, 5.41) is 11.3. The van der Waals surface area contributed by atoms with E-state index in [4.69, 9.17) is 21.1 Å². The molecular weight excluding hydrogens is 502 g/mol. The van der Waals surface area contributed by atoms with Gasteiger partial charge in [-0.25, -0.2) is 13.1 Å². The first-order chi connectivity index (χ1) is 17.3. The fourth-order valence-electron chi connectivity index (χ4n) is 5.47. The van der Waals surface area contributed by atoms with E-state index in [1.807, 2.05) is 43.4 Å². The molecular formula is C26H34ClN3O5S. The van der Waals surface area contributed by atoms with Gasteiger partial charge in [0, 0.05) is 51.0 Å². The lowest BCUT2D eigenvalue weighted by atomic mass is 9.92. The number of hydrogen-bond acceptors (Lipinski definition) is 7. The number of nitrogens with zero attached hydrogens (tertiary/aromatic N) is 2. The highest BCUT2D eigenvalue weighted by molar-refractivity contribution is 7.89. The summed E-state index contributed by atoms with van der Waals surface area (Å²) >= 11 is 6.42. The molecule has 2 aromatic carbocycles. The number of aliphatic hydroxyl groups excluding tert-OH is 1. The molecule has 8 nitrogen and oxygen atoms in total. The summed E-state index contributed by atoms with van der Waals surface area (Å²) in [6.07, 6.45) is 0.681. The normalized spacial score (nSPS) is 28.0. The molecule has 196 valence electrons. The number of hydrogen-bond donors (Lipinski definition) is 2. The fraction of sp³-hybridized carbons (Fsp3) is 0.538. The SMILES string of the molecule is CN1C[C@@H](O)CNS(=O)(=O)c2ccc(C3CCOCC3)cc2O[C@H]2CN(Cc3ccccc3Cl)C[C@H]21. The lowest BCUT2D eigenvalue weighted by Crippen LogP contribution is -2.47. The number of nitrogens with one attached hydrogen (secondary N) is 1. The van der Waals surface area contributed by atoms with E-state index in [0.717, 1.165) is 29.0 Å². The zero-order valence-electron chi connectivity index (χ0n) is 20.5. The molecule has 0 aliphatic carbocycles. The van der Waals surface area contributed by atoms with E-state index in [0.29, 0.717) is 51.1 Å². The van der Waals surface area contributed by atoms with Gasteiger partial charge in [0.25, 0.3) is 0 Å². The molecule has 2 saturated heterocycles. The summed E-state index contributed by atoms with van der Waals surface area (Å²) in [5.41, 5.74) is 2.11. The quantitative estimate of drug-likeness (QED) is 0.624. The minimum Gasteiger partial charge on any atom is -0.486 e. The number of likely N-dealkylation sites (tertiary alicyclic amines) is 1. The Bertz CT molecular complexity index is 1170. The zero-order valence-corrected chi connectivity index (χ0v) is 22.0. The lowest BCUT2D eigenvalue weighted by molar-refractivity contribution is 0.0710. The van der Waals surface area contributed by atoms with Crippen LogP contribution in [0.25, 0.3) is 0 Å². The molecule has 2 fully saturated rings. The summed E-state index contributed by atoms with van der Waals surface area (Å²) in [4.78, 5) is 4.46. The summed E-state index contributed by atoms with van der Waals surface area (Å²) in [6, 6.07) is 13.2. The molecule has 0 unspecified atom stereocenters. The molecule has 36 heavy (non-hydrogen) atoms. The van der Waals surface area contributed by atoms with E-state index in [1.54, 1.807) is 6.07 Å². The van der Waals surface area contributed by atoms with Crippen LogP contribution in [0.1, 0.15) is 29.9 Å². The molecule has 2 N–H and O–H groups in total. The minimum atomic E-state index is -3.86. The van der Waals surface area contributed by atoms with Crippen molar-refractivity contribution in [2.24, 2.45) is 0 Å². The van der Waals surface area contributed by atoms with E-state index < -0.39 is 16.1 Å². The minimum absolute atomic E-state index is 0.0254. The number of aliphatic hydroxyl groups is 1. The molecule has 0 aromatic heterocycles. The van der Waals surface area contributed by atoms with Crippen LogP contribution in [-0.4, -0.2) is 88.0 Å². The van der Waals surface area contributed by atoms with Crippen LogP contribution < -0.4 is 9.46 Å². The Balaban J connectivity index is 1.48. The van der Waals surface area contributed by atoms with Gasteiger partial charge >= 0.3 is 0 Å². The van der Waals surface area contributed by atoms with Crippen LogP contribution in [-0.2, 0) is 21.3 Å². The number of likely N-dealkylation sites (N-methyl/N-ethyl adjacent to an activating group) is 1. The van der Waals surface area contributed by atoms with Crippen molar-refractivity contribution < 1.29 is 23.0 Å². The molecule has 3 heterocycles. The highest BCUT2D eigenvalue weighted by atomic mass is 35.5. The van der Waals surface area contributed by atoms with Crippen LogP contribution in [0, 0.1) is 0 Å². The van der Waals surface area contributed by atoms with Crippen molar-refractivity contribution >= 4 is 21.6 Å². The van der Waals surface area contributed by atoms with E-state index in [9.17, 15) is 13.5 Å². The molecule has 0 amide bonds. The molecule has 0 saturated carbocycles. The highest BCUT2D eigenvalue weighted by Crippen LogP contribution is 2.35. The van der Waals surface area contributed by atoms with Crippen molar-refractivity contribution in [3.8, 4) is 5.75 Å². The first-order valence-corrected chi connectivity index (χ1v) is 14.4. The van der Waals surface area contributed by atoms with Gasteiger partial charge in [-0.2, -0.15) is 0 Å². The molecule has 3 atom stereocenters. The van der Waals surface area contributed by atoms with Crippen molar-refractivity contribution in [1.82, 2.24) is 14.5 Å². The van der Waals surface area contributed by atoms with Gasteiger partial charge in [-0.05, 0) is 55.1 Å². The number of rotatable bonds is 3. The second kappa shape index (κ2) is 10.9. The van der Waals surface area contributed by atoms with E-state index >= 15 is 0 Å². The first-order valence-electron chi connectivity index (χ1n) is 12.5. The number of fused-ring (bicyclic) bond motifs is 2. The van der Waals surface area contributed by atoms with Gasteiger partial charge in [0.05, 0.1) is 12.1 Å². The third-order valence-electron chi connectivity index (χ3n) is 7.47. The van der Waals surface area contributed by atoms with E-state index in [-0.39, 0.29) is 23.6 Å². The molecule has 3 aliphatic heterocycles. The van der Waals surface area contributed by atoms with Crippen LogP contribution in [0.2, 0.25) is 5.02 Å². The van der Waals surface area contributed by atoms with Crippen LogP contribution >= 0.6 is 11.6 Å². The number of sulfonamides is 1. The average molecular weight is 536 g/mol. The number of β-amino-alcohol motifs (C(OH)–C–C–N with tert-alkyl or cyclic N) is 1.